The van der Waals surface area contributed by atoms with Crippen LogP contribution in [0.1, 0.15) is 90.4 Å². The third kappa shape index (κ3) is 5.61. The highest BCUT2D eigenvalue weighted by atomic mass is 16.6. The zero-order chi connectivity index (χ0) is 19.1. The third-order valence-electron chi connectivity index (χ3n) is 6.70. The standard InChI is InChI=1S/C22H37NO4/c1-2-3-14-23-19(15-17-10-6-4-7-11-17)20(27-22(23)25)16-26-21(24)18-12-8-5-9-13-18/h17-20H,2-16H2,1H3/t19-,20-/m1/s1. The van der Waals surface area contributed by atoms with Crippen LogP contribution >= 0.6 is 0 Å². The maximum Gasteiger partial charge on any atom is 0.410 e. The Morgan fingerprint density at radius 1 is 1.07 bits per heavy atom. The van der Waals surface area contributed by atoms with Gasteiger partial charge in [-0.15, -0.1) is 0 Å². The molecule has 0 aromatic carbocycles. The number of unbranched alkanes of at least 4 members (excludes halogenated alkanes) is 1. The molecule has 1 heterocycles. The van der Waals surface area contributed by atoms with Crippen molar-refractivity contribution in [3.05, 3.63) is 0 Å². The minimum Gasteiger partial charge on any atom is -0.461 e. The van der Waals surface area contributed by atoms with E-state index in [9.17, 15) is 9.59 Å². The number of rotatable bonds is 8. The highest BCUT2D eigenvalue weighted by Gasteiger charge is 2.43. The summed E-state index contributed by atoms with van der Waals surface area (Å²) in [6.07, 6.45) is 14.3. The van der Waals surface area contributed by atoms with E-state index in [1.54, 1.807) is 0 Å². The Hall–Kier alpha value is -1.26. The van der Waals surface area contributed by atoms with Gasteiger partial charge in [0, 0.05) is 6.54 Å². The molecule has 1 aliphatic heterocycles. The number of esters is 1. The van der Waals surface area contributed by atoms with Gasteiger partial charge < -0.3 is 14.4 Å². The number of hydrogen-bond donors (Lipinski definition) is 0. The van der Waals surface area contributed by atoms with Crippen LogP contribution in [-0.2, 0) is 14.3 Å². The molecule has 0 bridgehead atoms. The second kappa shape index (κ2) is 10.3. The first kappa shape index (κ1) is 20.5. The van der Waals surface area contributed by atoms with Crippen molar-refractivity contribution in [1.29, 1.82) is 0 Å². The zero-order valence-electron chi connectivity index (χ0n) is 17.0. The Morgan fingerprint density at radius 3 is 2.41 bits per heavy atom. The van der Waals surface area contributed by atoms with E-state index in [-0.39, 0.29) is 36.7 Å². The summed E-state index contributed by atoms with van der Waals surface area (Å²) in [5.41, 5.74) is 0. The summed E-state index contributed by atoms with van der Waals surface area (Å²) >= 11 is 0. The van der Waals surface area contributed by atoms with Gasteiger partial charge in [-0.05, 0) is 31.6 Å². The maximum atomic E-state index is 12.5. The third-order valence-corrected chi connectivity index (χ3v) is 6.70. The normalized spacial score (nSPS) is 27.6. The summed E-state index contributed by atoms with van der Waals surface area (Å²) in [6, 6.07) is 0.0614. The lowest BCUT2D eigenvalue weighted by atomic mass is 9.83. The average Bonchev–Trinajstić information content (AvgIpc) is 3.00. The summed E-state index contributed by atoms with van der Waals surface area (Å²) in [5, 5.41) is 0. The predicted octanol–water partition coefficient (Wildman–Crippen LogP) is 5.07. The van der Waals surface area contributed by atoms with Gasteiger partial charge >= 0.3 is 12.1 Å². The van der Waals surface area contributed by atoms with E-state index in [2.05, 4.69) is 6.92 Å². The molecule has 3 aliphatic rings. The van der Waals surface area contributed by atoms with Crippen molar-refractivity contribution in [1.82, 2.24) is 4.90 Å². The fourth-order valence-electron chi connectivity index (χ4n) is 5.01. The van der Waals surface area contributed by atoms with Gasteiger partial charge in [0.05, 0.1) is 12.0 Å². The molecule has 5 nitrogen and oxygen atoms in total. The van der Waals surface area contributed by atoms with E-state index in [4.69, 9.17) is 9.47 Å². The van der Waals surface area contributed by atoms with Crippen LogP contribution in [0.25, 0.3) is 0 Å². The second-order valence-electron chi connectivity index (χ2n) is 8.74. The SMILES string of the molecule is CCCCN1C(=O)O[C@H](COC(=O)C2CCCCC2)[C@H]1CC1CCCCC1. The van der Waals surface area contributed by atoms with Gasteiger partial charge in [0.15, 0.2) is 6.10 Å². The van der Waals surface area contributed by atoms with Crippen LogP contribution in [0.15, 0.2) is 0 Å². The molecule has 0 aromatic rings. The highest BCUT2D eigenvalue weighted by molar-refractivity contribution is 5.73. The van der Waals surface area contributed by atoms with Gasteiger partial charge in [-0.3, -0.25) is 4.79 Å². The monoisotopic (exact) mass is 379 g/mol. The molecule has 1 saturated heterocycles. The molecule has 2 atom stereocenters. The number of carbonyl (C=O) groups is 2. The second-order valence-corrected chi connectivity index (χ2v) is 8.74. The van der Waals surface area contributed by atoms with Crippen molar-refractivity contribution in [2.45, 2.75) is 103 Å². The summed E-state index contributed by atoms with van der Waals surface area (Å²) in [4.78, 5) is 26.8. The molecule has 0 N–H and O–H groups in total. The molecule has 2 saturated carbocycles. The minimum absolute atomic E-state index is 0.0452. The lowest BCUT2D eigenvalue weighted by Gasteiger charge is -2.30. The lowest BCUT2D eigenvalue weighted by molar-refractivity contribution is -0.152. The van der Waals surface area contributed by atoms with Crippen molar-refractivity contribution < 1.29 is 19.1 Å². The fourth-order valence-corrected chi connectivity index (χ4v) is 5.01. The van der Waals surface area contributed by atoms with E-state index in [1.807, 2.05) is 4.90 Å². The molecular formula is C22H37NO4. The van der Waals surface area contributed by atoms with Crippen molar-refractivity contribution in [2.24, 2.45) is 11.8 Å². The van der Waals surface area contributed by atoms with Crippen molar-refractivity contribution >= 4 is 12.1 Å². The van der Waals surface area contributed by atoms with Crippen LogP contribution < -0.4 is 0 Å². The van der Waals surface area contributed by atoms with Gasteiger partial charge in [0.25, 0.3) is 0 Å². The number of amides is 1. The van der Waals surface area contributed by atoms with Crippen LogP contribution in [0.5, 0.6) is 0 Å². The van der Waals surface area contributed by atoms with Gasteiger partial charge in [-0.25, -0.2) is 4.79 Å². The fraction of sp³-hybridized carbons (Fsp3) is 0.909. The Balaban J connectivity index is 1.58. The van der Waals surface area contributed by atoms with Crippen LogP contribution in [0, 0.1) is 11.8 Å². The van der Waals surface area contributed by atoms with E-state index >= 15 is 0 Å². The molecule has 5 heteroatoms. The van der Waals surface area contributed by atoms with Crippen molar-refractivity contribution in [2.75, 3.05) is 13.2 Å². The first-order valence-corrected chi connectivity index (χ1v) is 11.3. The molecule has 0 spiro atoms. The van der Waals surface area contributed by atoms with Gasteiger partial charge in [-0.2, -0.15) is 0 Å². The Morgan fingerprint density at radius 2 is 1.74 bits per heavy atom. The predicted molar refractivity (Wildman–Crippen MR) is 104 cm³/mol. The number of carbonyl (C=O) groups excluding carboxylic acids is 2. The number of ether oxygens (including phenoxy) is 2. The number of cyclic esters (lactones) is 1. The van der Waals surface area contributed by atoms with Crippen LogP contribution in [-0.4, -0.2) is 42.3 Å². The van der Waals surface area contributed by atoms with E-state index in [0.717, 1.165) is 51.5 Å². The first-order chi connectivity index (χ1) is 13.2. The smallest absolute Gasteiger partial charge is 0.410 e. The average molecular weight is 380 g/mol. The van der Waals surface area contributed by atoms with Gasteiger partial charge in [0.1, 0.15) is 6.61 Å². The molecular weight excluding hydrogens is 342 g/mol. The van der Waals surface area contributed by atoms with E-state index in [1.165, 1.54) is 38.5 Å². The molecule has 2 aliphatic carbocycles. The molecule has 0 radical (unpaired) electrons. The molecule has 27 heavy (non-hydrogen) atoms. The maximum absolute atomic E-state index is 12.5. The molecule has 3 fully saturated rings. The summed E-state index contributed by atoms with van der Waals surface area (Å²) < 4.78 is 11.3. The Labute approximate surface area is 164 Å². The van der Waals surface area contributed by atoms with Gasteiger partial charge in [-0.1, -0.05) is 64.7 Å². The molecule has 154 valence electrons. The number of nitrogens with zero attached hydrogens (tertiary/aromatic N) is 1. The summed E-state index contributed by atoms with van der Waals surface area (Å²) in [6.45, 7) is 3.11. The van der Waals surface area contributed by atoms with Crippen LogP contribution in [0.2, 0.25) is 0 Å². The van der Waals surface area contributed by atoms with Crippen molar-refractivity contribution in [3.8, 4) is 0 Å². The summed E-state index contributed by atoms with van der Waals surface area (Å²) in [5.74, 6) is 0.622. The van der Waals surface area contributed by atoms with E-state index in [0.29, 0.717) is 5.92 Å². The van der Waals surface area contributed by atoms with Gasteiger partial charge in [0.2, 0.25) is 0 Å². The quantitative estimate of drug-likeness (QED) is 0.553. The first-order valence-electron chi connectivity index (χ1n) is 11.3. The number of hydrogen-bond acceptors (Lipinski definition) is 4. The molecule has 0 aromatic heterocycles. The topological polar surface area (TPSA) is 55.8 Å². The molecule has 3 rings (SSSR count). The minimum atomic E-state index is -0.302. The van der Waals surface area contributed by atoms with Crippen molar-refractivity contribution in [3.63, 3.8) is 0 Å². The van der Waals surface area contributed by atoms with Crippen LogP contribution in [0.4, 0.5) is 4.79 Å². The Bertz CT molecular complexity index is 483. The molecule has 1 amide bonds. The highest BCUT2D eigenvalue weighted by Crippen LogP contribution is 2.33. The Kier molecular flexibility index (Phi) is 7.83. The zero-order valence-corrected chi connectivity index (χ0v) is 17.0. The largest absolute Gasteiger partial charge is 0.461 e. The summed E-state index contributed by atoms with van der Waals surface area (Å²) in [7, 11) is 0. The van der Waals surface area contributed by atoms with Crippen LogP contribution in [0.3, 0.4) is 0 Å². The van der Waals surface area contributed by atoms with E-state index < -0.39 is 0 Å². The molecule has 0 unspecified atom stereocenters. The lowest BCUT2D eigenvalue weighted by Crippen LogP contribution is -2.41.